The molecule has 0 radical (unpaired) electrons. The summed E-state index contributed by atoms with van der Waals surface area (Å²) < 4.78 is 5.03. The Hall–Kier alpha value is -1.83. The Kier molecular flexibility index (Phi) is 7.41. The largest absolute Gasteiger partial charge is 0.395 e. The zero-order valence-electron chi connectivity index (χ0n) is 12.0. The molecule has 0 fully saturated rings. The molecule has 4 heteroatoms. The quantitative estimate of drug-likeness (QED) is 0.772. The number of hydrogen-bond acceptors (Lipinski definition) is 3. The Balaban J connectivity index is 2.71. The van der Waals surface area contributed by atoms with Crippen LogP contribution in [0.4, 0.5) is 0 Å². The Morgan fingerprint density at radius 3 is 2.90 bits per heavy atom. The van der Waals surface area contributed by atoms with Crippen molar-refractivity contribution >= 4 is 5.91 Å². The second kappa shape index (κ2) is 9.13. The molecule has 0 aromatic heterocycles. The van der Waals surface area contributed by atoms with E-state index in [1.165, 1.54) is 0 Å². The van der Waals surface area contributed by atoms with Gasteiger partial charge in [-0.15, -0.1) is 0 Å². The van der Waals surface area contributed by atoms with Crippen LogP contribution in [0.1, 0.15) is 29.3 Å². The maximum Gasteiger partial charge on any atom is 0.252 e. The highest BCUT2D eigenvalue weighted by Gasteiger charge is 2.10. The van der Waals surface area contributed by atoms with E-state index in [4.69, 9.17) is 9.84 Å². The van der Waals surface area contributed by atoms with E-state index in [0.717, 1.165) is 0 Å². The van der Waals surface area contributed by atoms with Crippen LogP contribution in [-0.2, 0) is 4.74 Å². The number of nitrogens with one attached hydrogen (secondary N) is 1. The third-order valence-electron chi connectivity index (χ3n) is 2.69. The molecule has 0 spiro atoms. The number of benzene rings is 1. The summed E-state index contributed by atoms with van der Waals surface area (Å²) in [6.07, 6.45) is 0.404. The van der Waals surface area contributed by atoms with Gasteiger partial charge >= 0.3 is 0 Å². The zero-order chi connectivity index (χ0) is 14.8. The lowest BCUT2D eigenvalue weighted by molar-refractivity contribution is 0.0934. The van der Waals surface area contributed by atoms with Crippen LogP contribution in [0.15, 0.2) is 24.3 Å². The van der Waals surface area contributed by atoms with Gasteiger partial charge in [0.05, 0.1) is 18.8 Å². The number of aliphatic hydroxyl groups is 1. The molecule has 4 nitrogen and oxygen atoms in total. The summed E-state index contributed by atoms with van der Waals surface area (Å²) in [6, 6.07) is 7.20. The smallest absolute Gasteiger partial charge is 0.252 e. The van der Waals surface area contributed by atoms with Crippen molar-refractivity contribution in [1.29, 1.82) is 0 Å². The van der Waals surface area contributed by atoms with Gasteiger partial charge in [-0.3, -0.25) is 4.79 Å². The van der Waals surface area contributed by atoms with Crippen molar-refractivity contribution in [3.05, 3.63) is 35.4 Å². The van der Waals surface area contributed by atoms with Crippen LogP contribution in [0, 0.1) is 17.8 Å². The van der Waals surface area contributed by atoms with Crippen molar-refractivity contribution in [2.45, 2.75) is 13.3 Å². The monoisotopic (exact) mass is 275 g/mol. The molecular weight excluding hydrogens is 254 g/mol. The normalized spacial score (nSPS) is 11.3. The van der Waals surface area contributed by atoms with Gasteiger partial charge in [-0.2, -0.15) is 0 Å². The second-order valence-corrected chi connectivity index (χ2v) is 4.59. The highest BCUT2D eigenvalue weighted by atomic mass is 16.5. The number of carbonyl (C=O) groups excluding carboxylic acids is 1. The summed E-state index contributed by atoms with van der Waals surface area (Å²) in [5.74, 6) is 5.87. The molecule has 0 saturated heterocycles. The maximum absolute atomic E-state index is 12.1. The number of ether oxygens (including phenoxy) is 1. The van der Waals surface area contributed by atoms with Crippen LogP contribution < -0.4 is 5.32 Å². The van der Waals surface area contributed by atoms with E-state index in [0.29, 0.717) is 30.7 Å². The molecule has 0 bridgehead atoms. The molecule has 1 amide bonds. The lowest BCUT2D eigenvalue weighted by Gasteiger charge is -2.12. The average molecular weight is 275 g/mol. The molecule has 1 rings (SSSR count). The predicted molar refractivity (Wildman–Crippen MR) is 78.4 cm³/mol. The number of rotatable bonds is 6. The molecular formula is C16H21NO3. The van der Waals surface area contributed by atoms with Crippen molar-refractivity contribution < 1.29 is 14.6 Å². The third-order valence-corrected chi connectivity index (χ3v) is 2.69. The van der Waals surface area contributed by atoms with Crippen molar-refractivity contribution in [3.63, 3.8) is 0 Å². The molecule has 0 heterocycles. The predicted octanol–water partition coefficient (Wildman–Crippen LogP) is 1.43. The van der Waals surface area contributed by atoms with Gasteiger partial charge < -0.3 is 15.2 Å². The summed E-state index contributed by atoms with van der Waals surface area (Å²) in [7, 11) is 1.64. The minimum atomic E-state index is -0.137. The van der Waals surface area contributed by atoms with E-state index in [1.54, 1.807) is 19.2 Å². The van der Waals surface area contributed by atoms with Gasteiger partial charge in [-0.1, -0.05) is 30.9 Å². The molecule has 1 unspecified atom stereocenters. The van der Waals surface area contributed by atoms with E-state index < -0.39 is 0 Å². The SMILES string of the molecule is COCC(C)CNC(=O)c1ccccc1C#CCCO. The van der Waals surface area contributed by atoms with Crippen molar-refractivity contribution in [1.82, 2.24) is 5.32 Å². The topological polar surface area (TPSA) is 58.6 Å². The van der Waals surface area contributed by atoms with Crippen LogP contribution in [0.25, 0.3) is 0 Å². The van der Waals surface area contributed by atoms with Crippen molar-refractivity contribution in [2.24, 2.45) is 5.92 Å². The average Bonchev–Trinajstić information content (AvgIpc) is 2.46. The van der Waals surface area contributed by atoms with E-state index >= 15 is 0 Å². The molecule has 0 aliphatic carbocycles. The highest BCUT2D eigenvalue weighted by Crippen LogP contribution is 2.07. The Morgan fingerprint density at radius 2 is 2.20 bits per heavy atom. The lowest BCUT2D eigenvalue weighted by Crippen LogP contribution is -2.30. The fraction of sp³-hybridized carbons (Fsp3) is 0.438. The third kappa shape index (κ3) is 5.43. The first-order valence-corrected chi connectivity index (χ1v) is 6.65. The molecule has 2 N–H and O–H groups in total. The Labute approximate surface area is 120 Å². The van der Waals surface area contributed by atoms with Crippen molar-refractivity contribution in [2.75, 3.05) is 26.9 Å². The summed E-state index contributed by atoms with van der Waals surface area (Å²) in [6.45, 7) is 3.20. The van der Waals surface area contributed by atoms with Crippen LogP contribution in [-0.4, -0.2) is 37.9 Å². The molecule has 108 valence electrons. The molecule has 1 atom stereocenters. The van der Waals surface area contributed by atoms with Crippen molar-refractivity contribution in [3.8, 4) is 11.8 Å². The van der Waals surface area contributed by atoms with E-state index in [1.807, 2.05) is 19.1 Å². The Morgan fingerprint density at radius 1 is 1.45 bits per heavy atom. The second-order valence-electron chi connectivity index (χ2n) is 4.59. The first-order valence-electron chi connectivity index (χ1n) is 6.65. The first kappa shape index (κ1) is 16.2. The number of hydrogen-bond donors (Lipinski definition) is 2. The molecule has 1 aromatic rings. The molecule has 0 aliphatic heterocycles. The van der Waals surface area contributed by atoms with Gasteiger partial charge in [0.2, 0.25) is 0 Å². The highest BCUT2D eigenvalue weighted by molar-refractivity contribution is 5.96. The molecule has 0 aliphatic rings. The number of methoxy groups -OCH3 is 1. The van der Waals surface area contributed by atoms with Gasteiger partial charge in [-0.25, -0.2) is 0 Å². The summed E-state index contributed by atoms with van der Waals surface area (Å²) in [5.41, 5.74) is 1.24. The fourth-order valence-electron chi connectivity index (χ4n) is 1.71. The first-order chi connectivity index (χ1) is 9.69. The standard InChI is InChI=1S/C16H21NO3/c1-13(12-20-2)11-17-16(19)15-9-4-3-7-14(15)8-5-6-10-18/h3-4,7,9,13,18H,6,10-12H2,1-2H3,(H,17,19). The fourth-order valence-corrected chi connectivity index (χ4v) is 1.71. The minimum absolute atomic E-state index is 0.0237. The van der Waals surface area contributed by atoms with E-state index in [-0.39, 0.29) is 18.4 Å². The van der Waals surface area contributed by atoms with Gasteiger partial charge in [0.1, 0.15) is 0 Å². The van der Waals surface area contributed by atoms with Gasteiger partial charge in [0.25, 0.3) is 5.91 Å². The zero-order valence-corrected chi connectivity index (χ0v) is 12.0. The number of amides is 1. The number of aliphatic hydroxyl groups excluding tert-OH is 1. The molecule has 1 aromatic carbocycles. The van der Waals surface area contributed by atoms with Crippen LogP contribution in [0.3, 0.4) is 0 Å². The van der Waals surface area contributed by atoms with Gasteiger partial charge in [0, 0.05) is 25.6 Å². The summed E-state index contributed by atoms with van der Waals surface area (Å²) >= 11 is 0. The molecule has 20 heavy (non-hydrogen) atoms. The molecule has 0 saturated carbocycles. The van der Waals surface area contributed by atoms with Gasteiger partial charge in [0.15, 0.2) is 0 Å². The summed E-state index contributed by atoms with van der Waals surface area (Å²) in [4.78, 5) is 12.1. The minimum Gasteiger partial charge on any atom is -0.395 e. The van der Waals surface area contributed by atoms with Crippen LogP contribution in [0.2, 0.25) is 0 Å². The van der Waals surface area contributed by atoms with Crippen LogP contribution in [0.5, 0.6) is 0 Å². The van der Waals surface area contributed by atoms with Gasteiger partial charge in [-0.05, 0) is 18.1 Å². The maximum atomic E-state index is 12.1. The lowest BCUT2D eigenvalue weighted by atomic mass is 10.1. The Bertz CT molecular complexity index is 488. The number of carbonyl (C=O) groups is 1. The van der Waals surface area contributed by atoms with E-state index in [9.17, 15) is 4.79 Å². The van der Waals surface area contributed by atoms with E-state index in [2.05, 4.69) is 17.2 Å². The van der Waals surface area contributed by atoms with Crippen LogP contribution >= 0.6 is 0 Å². The summed E-state index contributed by atoms with van der Waals surface area (Å²) in [5, 5.41) is 11.6.